The molecule has 2 aromatic rings. The number of hydrogen-bond donors (Lipinski definition) is 2. The van der Waals surface area contributed by atoms with Gasteiger partial charge in [-0.25, -0.2) is 0 Å². The van der Waals surface area contributed by atoms with Crippen molar-refractivity contribution in [3.8, 4) is 11.5 Å². The second-order valence-corrected chi connectivity index (χ2v) is 5.72. The highest BCUT2D eigenvalue weighted by molar-refractivity contribution is 6.10. The lowest BCUT2D eigenvalue weighted by molar-refractivity contribution is 0.403. The van der Waals surface area contributed by atoms with E-state index in [9.17, 15) is 10.2 Å². The molecule has 0 saturated heterocycles. The highest BCUT2D eigenvalue weighted by Gasteiger charge is 2.32. The molecule has 0 unspecified atom stereocenters. The van der Waals surface area contributed by atoms with Gasteiger partial charge < -0.3 is 10.2 Å². The molecule has 0 atom stereocenters. The number of rotatable bonds is 2. The summed E-state index contributed by atoms with van der Waals surface area (Å²) in [5.41, 5.74) is 3.90. The Hall–Kier alpha value is -2.55. The Labute approximate surface area is 123 Å². The van der Waals surface area contributed by atoms with Crippen LogP contribution in [-0.2, 0) is 5.41 Å². The molecule has 1 aliphatic heterocycles. The van der Waals surface area contributed by atoms with Crippen LogP contribution in [0, 0.1) is 0 Å². The van der Waals surface area contributed by atoms with Gasteiger partial charge >= 0.3 is 0 Å². The van der Waals surface area contributed by atoms with Crippen molar-refractivity contribution in [2.45, 2.75) is 19.3 Å². The molecule has 1 aliphatic rings. The first-order valence-corrected chi connectivity index (χ1v) is 6.87. The lowest BCUT2D eigenvalue weighted by atomic mass is 9.81. The van der Waals surface area contributed by atoms with Crippen molar-refractivity contribution < 1.29 is 10.2 Å². The zero-order valence-corrected chi connectivity index (χ0v) is 12.0. The number of nitrogens with zero attached hydrogens (tertiary/aromatic N) is 1. The predicted molar refractivity (Wildman–Crippen MR) is 85.4 cm³/mol. The van der Waals surface area contributed by atoms with Crippen LogP contribution >= 0.6 is 0 Å². The van der Waals surface area contributed by atoms with Crippen LogP contribution in [0.4, 0.5) is 5.69 Å². The Balaban J connectivity index is 1.92. The van der Waals surface area contributed by atoms with Crippen LogP contribution < -0.4 is 0 Å². The monoisotopic (exact) mass is 279 g/mol. The molecular weight excluding hydrogens is 262 g/mol. The maximum atomic E-state index is 9.52. The maximum Gasteiger partial charge on any atom is 0.157 e. The molecule has 106 valence electrons. The van der Waals surface area contributed by atoms with Crippen molar-refractivity contribution in [3.05, 3.63) is 59.7 Å². The number of fused-ring (bicyclic) bond motifs is 1. The Morgan fingerprint density at radius 1 is 0.952 bits per heavy atom. The van der Waals surface area contributed by atoms with Gasteiger partial charge in [-0.2, -0.15) is 0 Å². The van der Waals surface area contributed by atoms with E-state index in [2.05, 4.69) is 24.9 Å². The van der Waals surface area contributed by atoms with Gasteiger partial charge in [-0.3, -0.25) is 4.99 Å². The molecule has 0 bridgehead atoms. The maximum absolute atomic E-state index is 9.52. The molecule has 2 N–H and O–H groups in total. The minimum Gasteiger partial charge on any atom is -0.504 e. The fraction of sp³-hybridized carbons (Fsp3) is 0.167. The van der Waals surface area contributed by atoms with Crippen molar-refractivity contribution in [1.82, 2.24) is 0 Å². The van der Waals surface area contributed by atoms with Crippen LogP contribution in [0.15, 0.2) is 53.5 Å². The molecule has 0 fully saturated rings. The Morgan fingerprint density at radius 3 is 2.43 bits per heavy atom. The molecule has 1 heterocycles. The fourth-order valence-electron chi connectivity index (χ4n) is 2.57. The van der Waals surface area contributed by atoms with Gasteiger partial charge in [0.1, 0.15) is 0 Å². The Bertz CT molecular complexity index is 758. The SMILES string of the molecule is CC1(C)C(C=Cc2ccc(O)c(O)c2)=Nc2ccccc21. The molecule has 0 aliphatic carbocycles. The van der Waals surface area contributed by atoms with Crippen molar-refractivity contribution >= 4 is 17.5 Å². The molecule has 3 heteroatoms. The molecule has 0 aromatic heterocycles. The molecule has 3 nitrogen and oxygen atoms in total. The average molecular weight is 279 g/mol. The van der Waals surface area contributed by atoms with Gasteiger partial charge in [0, 0.05) is 5.41 Å². The van der Waals surface area contributed by atoms with Crippen LogP contribution in [0.2, 0.25) is 0 Å². The zero-order valence-electron chi connectivity index (χ0n) is 12.0. The normalized spacial score (nSPS) is 16.0. The number of phenols is 2. The second kappa shape index (κ2) is 4.77. The second-order valence-electron chi connectivity index (χ2n) is 5.72. The van der Waals surface area contributed by atoms with Gasteiger partial charge in [-0.1, -0.05) is 44.2 Å². The molecule has 0 radical (unpaired) electrons. The number of hydrogen-bond acceptors (Lipinski definition) is 3. The smallest absolute Gasteiger partial charge is 0.157 e. The van der Waals surface area contributed by atoms with E-state index in [1.165, 1.54) is 17.7 Å². The topological polar surface area (TPSA) is 52.8 Å². The summed E-state index contributed by atoms with van der Waals surface area (Å²) < 4.78 is 0. The zero-order chi connectivity index (χ0) is 15.0. The van der Waals surface area contributed by atoms with E-state index < -0.39 is 0 Å². The van der Waals surface area contributed by atoms with E-state index in [0.29, 0.717) is 0 Å². The van der Waals surface area contributed by atoms with Gasteiger partial charge in [0.2, 0.25) is 0 Å². The van der Waals surface area contributed by atoms with Gasteiger partial charge in [-0.05, 0) is 35.4 Å². The van der Waals surface area contributed by atoms with Gasteiger partial charge in [-0.15, -0.1) is 0 Å². The van der Waals surface area contributed by atoms with E-state index in [4.69, 9.17) is 0 Å². The molecule has 0 amide bonds. The Morgan fingerprint density at radius 2 is 1.71 bits per heavy atom. The van der Waals surface area contributed by atoms with Crippen LogP contribution in [0.3, 0.4) is 0 Å². The summed E-state index contributed by atoms with van der Waals surface area (Å²) in [6, 6.07) is 12.9. The molecule has 0 spiro atoms. The standard InChI is InChI=1S/C18H17NO2/c1-18(2)13-5-3-4-6-14(13)19-17(18)10-8-12-7-9-15(20)16(21)11-12/h3-11,20-21H,1-2H3. The first-order chi connectivity index (χ1) is 9.98. The summed E-state index contributed by atoms with van der Waals surface area (Å²) in [6.07, 6.45) is 3.86. The van der Waals surface area contributed by atoms with Crippen molar-refractivity contribution in [1.29, 1.82) is 0 Å². The highest BCUT2D eigenvalue weighted by atomic mass is 16.3. The van der Waals surface area contributed by atoms with Crippen LogP contribution in [0.1, 0.15) is 25.0 Å². The summed E-state index contributed by atoms with van der Waals surface area (Å²) in [4.78, 5) is 4.68. The minimum absolute atomic E-state index is 0.113. The summed E-state index contributed by atoms with van der Waals surface area (Å²) in [6.45, 7) is 4.30. The van der Waals surface area contributed by atoms with Crippen LogP contribution in [0.5, 0.6) is 11.5 Å². The molecule has 0 saturated carbocycles. The third kappa shape index (κ3) is 2.31. The minimum atomic E-state index is -0.133. The van der Waals surface area contributed by atoms with Crippen molar-refractivity contribution in [2.24, 2.45) is 4.99 Å². The summed E-state index contributed by atoms with van der Waals surface area (Å²) in [7, 11) is 0. The van der Waals surface area contributed by atoms with E-state index >= 15 is 0 Å². The van der Waals surface area contributed by atoms with E-state index in [1.54, 1.807) is 6.07 Å². The first-order valence-electron chi connectivity index (χ1n) is 6.87. The van der Waals surface area contributed by atoms with Gasteiger partial charge in [0.25, 0.3) is 0 Å². The molecule has 21 heavy (non-hydrogen) atoms. The fourth-order valence-corrected chi connectivity index (χ4v) is 2.57. The molecular formula is C18H17NO2. The van der Waals surface area contributed by atoms with Crippen molar-refractivity contribution in [3.63, 3.8) is 0 Å². The number of phenolic OH excluding ortho intramolecular Hbond substituents is 2. The van der Waals surface area contributed by atoms with Crippen LogP contribution in [0.25, 0.3) is 6.08 Å². The lowest BCUT2D eigenvalue weighted by Crippen LogP contribution is -2.23. The lowest BCUT2D eigenvalue weighted by Gasteiger charge is -2.20. The summed E-state index contributed by atoms with van der Waals surface area (Å²) in [5.74, 6) is -0.230. The van der Waals surface area contributed by atoms with E-state index in [0.717, 1.165) is 17.0 Å². The number of benzene rings is 2. The first kappa shape index (κ1) is 13.4. The van der Waals surface area contributed by atoms with Gasteiger partial charge in [0.15, 0.2) is 11.5 Å². The van der Waals surface area contributed by atoms with Crippen molar-refractivity contribution in [2.75, 3.05) is 0 Å². The average Bonchev–Trinajstić information content (AvgIpc) is 2.72. The number of para-hydroxylation sites is 1. The van der Waals surface area contributed by atoms with E-state index in [1.807, 2.05) is 30.4 Å². The quantitative estimate of drug-likeness (QED) is 0.810. The molecule has 2 aromatic carbocycles. The number of allylic oxidation sites excluding steroid dienone is 1. The third-order valence-corrected chi connectivity index (χ3v) is 3.89. The van der Waals surface area contributed by atoms with E-state index in [-0.39, 0.29) is 16.9 Å². The largest absolute Gasteiger partial charge is 0.504 e. The highest BCUT2D eigenvalue weighted by Crippen LogP contribution is 2.40. The Kier molecular flexibility index (Phi) is 3.05. The molecule has 3 rings (SSSR count). The number of aliphatic imine (C=N–C) groups is 1. The number of aromatic hydroxyl groups is 2. The summed E-state index contributed by atoms with van der Waals surface area (Å²) >= 11 is 0. The predicted octanol–water partition coefficient (Wildman–Crippen LogP) is 4.17. The summed E-state index contributed by atoms with van der Waals surface area (Å²) in [5, 5.41) is 18.8. The third-order valence-electron chi connectivity index (χ3n) is 3.89. The van der Waals surface area contributed by atoms with Gasteiger partial charge in [0.05, 0.1) is 11.4 Å². The van der Waals surface area contributed by atoms with Crippen LogP contribution in [-0.4, -0.2) is 15.9 Å².